The van der Waals surface area contributed by atoms with Crippen LogP contribution in [-0.2, 0) is 9.59 Å². The molecule has 5 nitrogen and oxygen atoms in total. The van der Waals surface area contributed by atoms with Gasteiger partial charge >= 0.3 is 0 Å². The van der Waals surface area contributed by atoms with Crippen LogP contribution in [0, 0.1) is 11.6 Å². The molecule has 0 fully saturated rings. The quantitative estimate of drug-likeness (QED) is 0.505. The zero-order valence-corrected chi connectivity index (χ0v) is 11.9. The van der Waals surface area contributed by atoms with E-state index < -0.39 is 24.1 Å². The van der Waals surface area contributed by atoms with Gasteiger partial charge < -0.3 is 5.32 Å². The Bertz CT molecular complexity index is 713. The molecule has 0 aliphatic carbocycles. The number of amides is 2. The van der Waals surface area contributed by atoms with Gasteiger partial charge in [-0.1, -0.05) is 12.1 Å². The highest BCUT2D eigenvalue weighted by Crippen LogP contribution is 2.08. The molecule has 0 aliphatic rings. The zero-order chi connectivity index (χ0) is 16.7. The highest BCUT2D eigenvalue weighted by molar-refractivity contribution is 6.03. The van der Waals surface area contributed by atoms with Crippen LogP contribution in [0.25, 0.3) is 0 Å². The van der Waals surface area contributed by atoms with Gasteiger partial charge in [0.1, 0.15) is 18.1 Å². The minimum Gasteiger partial charge on any atom is -0.326 e. The first-order valence-electron chi connectivity index (χ1n) is 6.66. The van der Waals surface area contributed by atoms with Crippen LogP contribution >= 0.6 is 0 Å². The zero-order valence-electron chi connectivity index (χ0n) is 11.9. The van der Waals surface area contributed by atoms with Crippen LogP contribution in [0.1, 0.15) is 12.0 Å². The fraction of sp³-hybridized carbons (Fsp3) is 0.0625. The third kappa shape index (κ3) is 5.66. The minimum atomic E-state index is -0.608. The SMILES string of the molecule is O=C(CC(=O)Nc1ccc(F)cc1)NN=Cc1ccc(F)cc1. The molecule has 0 aliphatic heterocycles. The fourth-order valence-corrected chi connectivity index (χ4v) is 1.65. The number of nitrogens with one attached hydrogen (secondary N) is 2. The Morgan fingerprint density at radius 1 is 0.913 bits per heavy atom. The Morgan fingerprint density at radius 3 is 2.09 bits per heavy atom. The lowest BCUT2D eigenvalue weighted by atomic mass is 10.2. The number of anilines is 1. The van der Waals surface area contributed by atoms with E-state index in [2.05, 4.69) is 15.8 Å². The van der Waals surface area contributed by atoms with Gasteiger partial charge in [0.15, 0.2) is 0 Å². The number of halogens is 2. The van der Waals surface area contributed by atoms with Gasteiger partial charge in [0.2, 0.25) is 11.8 Å². The molecule has 2 aromatic rings. The topological polar surface area (TPSA) is 70.6 Å². The van der Waals surface area contributed by atoms with Crippen LogP contribution in [0.4, 0.5) is 14.5 Å². The summed E-state index contributed by atoms with van der Waals surface area (Å²) in [6.07, 6.45) is 0.896. The molecule has 0 radical (unpaired) electrons. The molecule has 2 aromatic carbocycles. The monoisotopic (exact) mass is 317 g/mol. The smallest absolute Gasteiger partial charge is 0.249 e. The third-order valence-electron chi connectivity index (χ3n) is 2.72. The van der Waals surface area contributed by atoms with Crippen molar-refractivity contribution in [3.8, 4) is 0 Å². The van der Waals surface area contributed by atoms with Gasteiger partial charge in [-0.2, -0.15) is 5.10 Å². The average molecular weight is 317 g/mol. The molecule has 0 bridgehead atoms. The molecular weight excluding hydrogens is 304 g/mol. The maximum absolute atomic E-state index is 12.7. The second-order valence-corrected chi connectivity index (χ2v) is 4.58. The molecule has 23 heavy (non-hydrogen) atoms. The fourth-order valence-electron chi connectivity index (χ4n) is 1.65. The molecule has 0 unspecified atom stereocenters. The summed E-state index contributed by atoms with van der Waals surface area (Å²) in [5, 5.41) is 6.12. The summed E-state index contributed by atoms with van der Waals surface area (Å²) < 4.78 is 25.4. The van der Waals surface area contributed by atoms with E-state index in [0.29, 0.717) is 11.3 Å². The van der Waals surface area contributed by atoms with Crippen molar-refractivity contribution >= 4 is 23.7 Å². The van der Waals surface area contributed by atoms with Crippen molar-refractivity contribution in [2.75, 3.05) is 5.32 Å². The van der Waals surface area contributed by atoms with Crippen LogP contribution in [0.3, 0.4) is 0 Å². The van der Waals surface area contributed by atoms with Crippen LogP contribution < -0.4 is 10.7 Å². The first kappa shape index (κ1) is 16.3. The van der Waals surface area contributed by atoms with E-state index in [1.54, 1.807) is 0 Å². The van der Waals surface area contributed by atoms with Crippen molar-refractivity contribution in [1.82, 2.24) is 5.43 Å². The van der Waals surface area contributed by atoms with E-state index in [1.165, 1.54) is 54.7 Å². The average Bonchev–Trinajstić information content (AvgIpc) is 2.51. The molecule has 7 heteroatoms. The minimum absolute atomic E-state index is 0.372. The predicted octanol–water partition coefficient (Wildman–Crippen LogP) is 2.44. The van der Waals surface area contributed by atoms with Gasteiger partial charge in [-0.3, -0.25) is 9.59 Å². The summed E-state index contributed by atoms with van der Waals surface area (Å²) in [4.78, 5) is 23.2. The van der Waals surface area contributed by atoms with Crippen LogP contribution in [0.2, 0.25) is 0 Å². The van der Waals surface area contributed by atoms with Gasteiger partial charge in [-0.05, 0) is 42.0 Å². The van der Waals surface area contributed by atoms with Crippen LogP contribution in [-0.4, -0.2) is 18.0 Å². The Hall–Kier alpha value is -3.09. The molecule has 2 rings (SSSR count). The summed E-state index contributed by atoms with van der Waals surface area (Å²) in [6, 6.07) is 10.7. The van der Waals surface area contributed by atoms with Gasteiger partial charge in [-0.15, -0.1) is 0 Å². The second-order valence-electron chi connectivity index (χ2n) is 4.58. The van der Waals surface area contributed by atoms with Crippen molar-refractivity contribution in [2.45, 2.75) is 6.42 Å². The molecule has 0 aromatic heterocycles. The highest BCUT2D eigenvalue weighted by atomic mass is 19.1. The van der Waals surface area contributed by atoms with E-state index in [9.17, 15) is 18.4 Å². The molecule has 0 spiro atoms. The number of hydrazone groups is 1. The van der Waals surface area contributed by atoms with E-state index in [4.69, 9.17) is 0 Å². The normalized spacial score (nSPS) is 10.5. The third-order valence-corrected chi connectivity index (χ3v) is 2.72. The Morgan fingerprint density at radius 2 is 1.48 bits per heavy atom. The summed E-state index contributed by atoms with van der Waals surface area (Å²) in [5.74, 6) is -1.95. The van der Waals surface area contributed by atoms with Crippen molar-refractivity contribution < 1.29 is 18.4 Å². The van der Waals surface area contributed by atoms with E-state index in [0.717, 1.165) is 0 Å². The predicted molar refractivity (Wildman–Crippen MR) is 81.8 cm³/mol. The molecule has 0 saturated carbocycles. The van der Waals surface area contributed by atoms with E-state index in [1.807, 2.05) is 0 Å². The number of carbonyl (C=O) groups is 2. The van der Waals surface area contributed by atoms with Crippen molar-refractivity contribution in [3.05, 3.63) is 65.7 Å². The molecule has 0 atom stereocenters. The molecular formula is C16H13F2N3O2. The van der Waals surface area contributed by atoms with Gasteiger partial charge in [0, 0.05) is 5.69 Å². The summed E-state index contributed by atoms with van der Waals surface area (Å²) in [5.41, 5.74) is 3.17. The molecule has 118 valence electrons. The van der Waals surface area contributed by atoms with Crippen molar-refractivity contribution in [3.63, 3.8) is 0 Å². The van der Waals surface area contributed by atoms with Crippen molar-refractivity contribution in [1.29, 1.82) is 0 Å². The van der Waals surface area contributed by atoms with E-state index in [-0.39, 0.29) is 5.82 Å². The maximum Gasteiger partial charge on any atom is 0.249 e. The number of nitrogens with zero attached hydrogens (tertiary/aromatic N) is 1. The van der Waals surface area contributed by atoms with Gasteiger partial charge in [0.25, 0.3) is 0 Å². The van der Waals surface area contributed by atoms with Crippen LogP contribution in [0.5, 0.6) is 0 Å². The first-order valence-corrected chi connectivity index (χ1v) is 6.66. The number of benzene rings is 2. The Labute approximate surface area is 131 Å². The molecule has 0 saturated heterocycles. The number of hydrogen-bond donors (Lipinski definition) is 2. The number of hydrogen-bond acceptors (Lipinski definition) is 3. The molecule has 2 amide bonds. The summed E-state index contributed by atoms with van der Waals surface area (Å²) in [7, 11) is 0. The Balaban J connectivity index is 1.78. The van der Waals surface area contributed by atoms with Crippen molar-refractivity contribution in [2.24, 2.45) is 5.10 Å². The van der Waals surface area contributed by atoms with E-state index >= 15 is 0 Å². The first-order chi connectivity index (χ1) is 11.0. The van der Waals surface area contributed by atoms with Gasteiger partial charge in [0.05, 0.1) is 6.21 Å². The lowest BCUT2D eigenvalue weighted by molar-refractivity contribution is -0.126. The molecule has 2 N–H and O–H groups in total. The summed E-state index contributed by atoms with van der Waals surface area (Å²) in [6.45, 7) is 0. The second kappa shape index (κ2) is 7.79. The molecule has 0 heterocycles. The Kier molecular flexibility index (Phi) is 5.51. The maximum atomic E-state index is 12.7. The largest absolute Gasteiger partial charge is 0.326 e. The van der Waals surface area contributed by atoms with Gasteiger partial charge in [-0.25, -0.2) is 14.2 Å². The lowest BCUT2D eigenvalue weighted by Crippen LogP contribution is -2.24. The summed E-state index contributed by atoms with van der Waals surface area (Å²) >= 11 is 0. The number of rotatable bonds is 5. The standard InChI is InChI=1S/C16H13F2N3O2/c17-12-3-1-11(2-4-12)10-19-21-16(23)9-15(22)20-14-7-5-13(18)6-8-14/h1-8,10H,9H2,(H,20,22)(H,21,23). The number of carbonyl (C=O) groups excluding carboxylic acids is 2. The van der Waals surface area contributed by atoms with Crippen LogP contribution in [0.15, 0.2) is 53.6 Å². The highest BCUT2D eigenvalue weighted by Gasteiger charge is 2.08. The lowest BCUT2D eigenvalue weighted by Gasteiger charge is -2.04.